The van der Waals surface area contributed by atoms with Crippen molar-refractivity contribution in [3.8, 4) is 11.1 Å². The summed E-state index contributed by atoms with van der Waals surface area (Å²) in [6.45, 7) is 4.44. The van der Waals surface area contributed by atoms with Crippen molar-refractivity contribution >= 4 is 18.0 Å². The summed E-state index contributed by atoms with van der Waals surface area (Å²) in [5, 5.41) is 14.7. The maximum atomic E-state index is 13.1. The van der Waals surface area contributed by atoms with E-state index in [1.807, 2.05) is 36.4 Å². The van der Waals surface area contributed by atoms with Crippen molar-refractivity contribution in [2.24, 2.45) is 5.41 Å². The van der Waals surface area contributed by atoms with E-state index in [0.717, 1.165) is 22.3 Å². The molecule has 0 radical (unpaired) electrons. The number of benzene rings is 2. The molecule has 1 saturated heterocycles. The smallest absolute Gasteiger partial charge is 0.407 e. The number of alkyl carbamates (subject to hydrolysis) is 1. The minimum atomic E-state index is -1.13. The zero-order chi connectivity index (χ0) is 24.8. The minimum Gasteiger partial charge on any atom is -0.480 e. The number of carbonyl (C=O) groups is 3. The molecule has 1 fully saturated rings. The number of nitrogens with one attached hydrogen (secondary N) is 2. The molecule has 1 aliphatic carbocycles. The molecule has 35 heavy (non-hydrogen) atoms. The Kier molecular flexibility index (Phi) is 7.51. The third kappa shape index (κ3) is 5.22. The van der Waals surface area contributed by atoms with E-state index in [1.54, 1.807) is 0 Å². The molecule has 8 heteroatoms. The van der Waals surface area contributed by atoms with Crippen LogP contribution in [0.1, 0.15) is 36.3 Å². The maximum absolute atomic E-state index is 13.1. The summed E-state index contributed by atoms with van der Waals surface area (Å²) in [6, 6.07) is 15.1. The van der Waals surface area contributed by atoms with E-state index in [1.165, 1.54) is 6.08 Å². The van der Waals surface area contributed by atoms with Crippen LogP contribution in [0.2, 0.25) is 0 Å². The first-order chi connectivity index (χ1) is 16.9. The highest BCUT2D eigenvalue weighted by molar-refractivity contribution is 5.88. The Morgan fingerprint density at radius 2 is 1.69 bits per heavy atom. The van der Waals surface area contributed by atoms with E-state index in [-0.39, 0.29) is 25.5 Å². The molecule has 2 aromatic rings. The fourth-order valence-electron chi connectivity index (χ4n) is 4.84. The summed E-state index contributed by atoms with van der Waals surface area (Å²) in [5.41, 5.74) is 3.54. The van der Waals surface area contributed by atoms with Gasteiger partial charge < -0.3 is 25.2 Å². The van der Waals surface area contributed by atoms with Crippen LogP contribution in [0.15, 0.2) is 61.2 Å². The van der Waals surface area contributed by atoms with Gasteiger partial charge >= 0.3 is 12.1 Å². The molecule has 2 amide bonds. The second-order valence-electron chi connectivity index (χ2n) is 8.96. The van der Waals surface area contributed by atoms with Crippen LogP contribution in [0.25, 0.3) is 11.1 Å². The Morgan fingerprint density at radius 1 is 1.09 bits per heavy atom. The van der Waals surface area contributed by atoms with Crippen molar-refractivity contribution < 1.29 is 29.0 Å². The molecule has 3 N–H and O–H groups in total. The average molecular weight is 479 g/mol. The van der Waals surface area contributed by atoms with Gasteiger partial charge in [0, 0.05) is 25.7 Å². The van der Waals surface area contributed by atoms with Crippen LogP contribution in [0.4, 0.5) is 4.79 Å². The molecular weight excluding hydrogens is 448 g/mol. The summed E-state index contributed by atoms with van der Waals surface area (Å²) in [7, 11) is 0. The molecule has 2 aromatic carbocycles. The molecule has 8 nitrogen and oxygen atoms in total. The van der Waals surface area contributed by atoms with Crippen LogP contribution in [0.3, 0.4) is 0 Å². The first-order valence-electron chi connectivity index (χ1n) is 11.8. The van der Waals surface area contributed by atoms with Gasteiger partial charge in [-0.2, -0.15) is 0 Å². The van der Waals surface area contributed by atoms with Gasteiger partial charge in [-0.15, -0.1) is 6.58 Å². The third-order valence-corrected chi connectivity index (χ3v) is 6.85. The van der Waals surface area contributed by atoms with Crippen LogP contribution in [-0.2, 0) is 19.1 Å². The molecule has 184 valence electrons. The van der Waals surface area contributed by atoms with Crippen LogP contribution < -0.4 is 10.6 Å². The topological polar surface area (TPSA) is 114 Å². The van der Waals surface area contributed by atoms with E-state index in [4.69, 9.17) is 9.47 Å². The number of rotatable bonds is 9. The highest BCUT2D eigenvalue weighted by Crippen LogP contribution is 2.44. The van der Waals surface area contributed by atoms with Gasteiger partial charge in [-0.1, -0.05) is 54.6 Å². The highest BCUT2D eigenvalue weighted by atomic mass is 16.5. The summed E-state index contributed by atoms with van der Waals surface area (Å²) in [6.07, 6.45) is 1.66. The number of hydrogen-bond donors (Lipinski definition) is 3. The van der Waals surface area contributed by atoms with Crippen molar-refractivity contribution in [2.75, 3.05) is 26.4 Å². The number of fused-ring (bicyclic) bond motifs is 3. The van der Waals surface area contributed by atoms with E-state index in [9.17, 15) is 19.5 Å². The van der Waals surface area contributed by atoms with Crippen molar-refractivity contribution in [1.29, 1.82) is 0 Å². The Balaban J connectivity index is 1.40. The predicted molar refractivity (Wildman–Crippen MR) is 130 cm³/mol. The zero-order valence-corrected chi connectivity index (χ0v) is 19.5. The van der Waals surface area contributed by atoms with Gasteiger partial charge in [-0.3, -0.25) is 4.79 Å². The van der Waals surface area contributed by atoms with Crippen LogP contribution >= 0.6 is 0 Å². The average Bonchev–Trinajstić information content (AvgIpc) is 3.20. The van der Waals surface area contributed by atoms with Crippen molar-refractivity contribution in [1.82, 2.24) is 10.6 Å². The molecule has 0 aromatic heterocycles. The number of hydrogen-bond acceptors (Lipinski definition) is 5. The molecule has 1 atom stereocenters. The van der Waals surface area contributed by atoms with Gasteiger partial charge in [0.1, 0.15) is 12.6 Å². The fraction of sp³-hybridized carbons (Fsp3) is 0.370. The third-order valence-electron chi connectivity index (χ3n) is 6.85. The standard InChI is InChI=1S/C27H30N2O6/c1-2-7-23(24(30)31)29-25(32)27(12-14-34-15-13-27)17-28-26(33)35-16-22-20-10-5-3-8-18(20)19-9-4-6-11-21(19)22/h2-6,8-11,22-23H,1,7,12-17H2,(H,28,33)(H,29,32)(H,30,31). The van der Waals surface area contributed by atoms with Gasteiger partial charge in [0.2, 0.25) is 5.91 Å². The van der Waals surface area contributed by atoms with Gasteiger partial charge in [-0.05, 0) is 41.5 Å². The molecule has 1 aliphatic heterocycles. The van der Waals surface area contributed by atoms with E-state index < -0.39 is 29.4 Å². The van der Waals surface area contributed by atoms with E-state index >= 15 is 0 Å². The summed E-state index contributed by atoms with van der Waals surface area (Å²) in [5.74, 6) is -1.62. The molecule has 0 bridgehead atoms. The van der Waals surface area contributed by atoms with E-state index in [2.05, 4.69) is 29.3 Å². The monoisotopic (exact) mass is 478 g/mol. The van der Waals surface area contributed by atoms with Crippen LogP contribution in [0.5, 0.6) is 0 Å². The van der Waals surface area contributed by atoms with Crippen molar-refractivity contribution in [3.05, 3.63) is 72.3 Å². The predicted octanol–water partition coefficient (Wildman–Crippen LogP) is 3.47. The number of aliphatic carboxylic acids is 1. The Hall–Kier alpha value is -3.65. The Morgan fingerprint density at radius 3 is 2.26 bits per heavy atom. The largest absolute Gasteiger partial charge is 0.480 e. The van der Waals surface area contributed by atoms with Gasteiger partial charge in [0.25, 0.3) is 0 Å². The van der Waals surface area contributed by atoms with Gasteiger partial charge in [0.05, 0.1) is 5.41 Å². The van der Waals surface area contributed by atoms with Crippen LogP contribution in [0, 0.1) is 5.41 Å². The lowest BCUT2D eigenvalue weighted by Gasteiger charge is -2.36. The Bertz CT molecular complexity index is 1060. The number of carbonyl (C=O) groups excluding carboxylic acids is 2. The van der Waals surface area contributed by atoms with Gasteiger partial charge in [0.15, 0.2) is 0 Å². The summed E-state index contributed by atoms with van der Waals surface area (Å²) >= 11 is 0. The number of carboxylic acids is 1. The number of carboxylic acid groups (broad SMARTS) is 1. The SMILES string of the molecule is C=CCC(NC(=O)C1(CNC(=O)OCC2c3ccccc3-c3ccccc32)CCOCC1)C(=O)O. The zero-order valence-electron chi connectivity index (χ0n) is 19.5. The lowest BCUT2D eigenvalue weighted by Crippen LogP contribution is -2.54. The molecule has 2 aliphatic rings. The van der Waals surface area contributed by atoms with E-state index in [0.29, 0.717) is 26.1 Å². The fourth-order valence-corrected chi connectivity index (χ4v) is 4.84. The summed E-state index contributed by atoms with van der Waals surface area (Å²) in [4.78, 5) is 37.3. The molecular formula is C27H30N2O6. The lowest BCUT2D eigenvalue weighted by molar-refractivity contribution is -0.145. The molecule has 0 spiro atoms. The number of ether oxygens (including phenoxy) is 2. The molecule has 0 saturated carbocycles. The lowest BCUT2D eigenvalue weighted by atomic mass is 9.79. The van der Waals surface area contributed by atoms with Crippen molar-refractivity contribution in [2.45, 2.75) is 31.2 Å². The first kappa shape index (κ1) is 24.5. The van der Waals surface area contributed by atoms with Crippen LogP contribution in [-0.4, -0.2) is 55.5 Å². The minimum absolute atomic E-state index is 0.0271. The molecule has 1 heterocycles. The highest BCUT2D eigenvalue weighted by Gasteiger charge is 2.42. The molecule has 1 unspecified atom stereocenters. The number of amides is 2. The second-order valence-corrected chi connectivity index (χ2v) is 8.96. The Labute approximate surface area is 204 Å². The quantitative estimate of drug-likeness (QED) is 0.476. The maximum Gasteiger partial charge on any atom is 0.407 e. The van der Waals surface area contributed by atoms with Gasteiger partial charge in [-0.25, -0.2) is 9.59 Å². The molecule has 4 rings (SSSR count). The van der Waals surface area contributed by atoms with Crippen molar-refractivity contribution in [3.63, 3.8) is 0 Å². The normalized spacial score (nSPS) is 16.9. The second kappa shape index (κ2) is 10.7. The summed E-state index contributed by atoms with van der Waals surface area (Å²) < 4.78 is 11.0. The first-order valence-corrected chi connectivity index (χ1v) is 11.8.